The molecule has 1 aromatic heterocycles. The monoisotopic (exact) mass is 367 g/mol. The fraction of sp³-hybridized carbons (Fsp3) is 0.231. The molecule has 2 aromatic carbocycles. The summed E-state index contributed by atoms with van der Waals surface area (Å²) in [7, 11) is 0. The number of hydrogen-bond donors (Lipinski definition) is 0. The topological polar surface area (TPSA) is 30.0 Å². The summed E-state index contributed by atoms with van der Waals surface area (Å²) in [6.07, 6.45) is 7.40. The summed E-state index contributed by atoms with van der Waals surface area (Å²) in [5, 5.41) is 0. The maximum atomic E-state index is 12.6. The Kier molecular flexibility index (Phi) is 5.21. The zero-order chi connectivity index (χ0) is 19.5. The van der Waals surface area contributed by atoms with Gasteiger partial charge in [-0.25, -0.2) is 0 Å². The van der Waals surface area contributed by atoms with Gasteiger partial charge in [-0.15, -0.1) is 0 Å². The van der Waals surface area contributed by atoms with Crippen molar-refractivity contribution >= 4 is 17.4 Å². The number of carbonyl (C=O) groups excluding carboxylic acids is 1. The van der Waals surface area contributed by atoms with Crippen molar-refractivity contribution in [2.75, 3.05) is 0 Å². The quantitative estimate of drug-likeness (QED) is 0.521. The molecule has 4 rings (SSSR count). The third-order valence-electron chi connectivity index (χ3n) is 5.54. The van der Waals surface area contributed by atoms with Crippen LogP contribution >= 0.6 is 0 Å². The van der Waals surface area contributed by atoms with Crippen LogP contribution in [0.3, 0.4) is 0 Å². The molecule has 0 saturated heterocycles. The summed E-state index contributed by atoms with van der Waals surface area (Å²) in [6, 6.07) is 19.1. The van der Waals surface area contributed by atoms with E-state index in [9.17, 15) is 4.79 Å². The molecule has 0 unspecified atom stereocenters. The van der Waals surface area contributed by atoms with E-state index in [1.165, 1.54) is 27.8 Å². The van der Waals surface area contributed by atoms with Crippen LogP contribution < -0.4 is 0 Å². The van der Waals surface area contributed by atoms with E-state index in [1.807, 2.05) is 12.1 Å². The summed E-state index contributed by atoms with van der Waals surface area (Å²) in [5.41, 5.74) is 9.29. The molecule has 2 heteroatoms. The van der Waals surface area contributed by atoms with Crippen molar-refractivity contribution in [1.82, 2.24) is 4.98 Å². The summed E-state index contributed by atoms with van der Waals surface area (Å²) < 4.78 is 0. The van der Waals surface area contributed by atoms with Gasteiger partial charge in [-0.3, -0.25) is 9.78 Å². The van der Waals surface area contributed by atoms with Crippen molar-refractivity contribution in [2.45, 2.75) is 39.5 Å². The lowest BCUT2D eigenvalue weighted by molar-refractivity contribution is 0.0988. The first-order valence-electron chi connectivity index (χ1n) is 10.1. The maximum absolute atomic E-state index is 12.6. The standard InChI is InChI=1S/C26H25NO/c1-3-18-5-9-21(10-6-18)24-15-22-11-7-20(13-23(22)16-24)14-26(28)25-12-8-19(4-2)17-27-25/h5-13,16-17H,3-4,14-15H2,1-2H3. The van der Waals surface area contributed by atoms with Crippen molar-refractivity contribution in [3.8, 4) is 0 Å². The molecule has 0 saturated carbocycles. The lowest BCUT2D eigenvalue weighted by atomic mass is 10.00. The van der Waals surface area contributed by atoms with Crippen LogP contribution in [-0.2, 0) is 25.7 Å². The zero-order valence-corrected chi connectivity index (χ0v) is 16.5. The second kappa shape index (κ2) is 7.93. The van der Waals surface area contributed by atoms with E-state index in [1.54, 1.807) is 6.20 Å². The van der Waals surface area contributed by atoms with E-state index in [4.69, 9.17) is 0 Å². The van der Waals surface area contributed by atoms with Gasteiger partial charge in [0.25, 0.3) is 0 Å². The Morgan fingerprint density at radius 1 is 0.893 bits per heavy atom. The number of hydrogen-bond acceptors (Lipinski definition) is 2. The van der Waals surface area contributed by atoms with Crippen LogP contribution in [0, 0.1) is 0 Å². The number of Topliss-reactive ketones (excluding diaryl/α,β-unsaturated/α-hetero) is 1. The molecule has 0 bridgehead atoms. The van der Waals surface area contributed by atoms with Gasteiger partial charge in [-0.2, -0.15) is 0 Å². The first-order chi connectivity index (χ1) is 13.7. The Balaban J connectivity index is 1.51. The minimum absolute atomic E-state index is 0.0694. The predicted octanol–water partition coefficient (Wildman–Crippen LogP) is 5.73. The zero-order valence-electron chi connectivity index (χ0n) is 16.5. The van der Waals surface area contributed by atoms with Crippen LogP contribution in [0.15, 0.2) is 60.8 Å². The average Bonchev–Trinajstić information content (AvgIpc) is 3.17. The Hall–Kier alpha value is -3.00. The van der Waals surface area contributed by atoms with Gasteiger partial charge < -0.3 is 0 Å². The van der Waals surface area contributed by atoms with Gasteiger partial charge in [0.05, 0.1) is 0 Å². The largest absolute Gasteiger partial charge is 0.292 e. The number of benzene rings is 2. The number of nitrogens with zero attached hydrogens (tertiary/aromatic N) is 1. The highest BCUT2D eigenvalue weighted by molar-refractivity contribution is 5.96. The molecule has 3 aromatic rings. The minimum atomic E-state index is 0.0694. The Labute approximate surface area is 167 Å². The molecule has 0 spiro atoms. The molecule has 1 aliphatic rings. The van der Waals surface area contributed by atoms with E-state index in [-0.39, 0.29) is 5.78 Å². The van der Waals surface area contributed by atoms with Crippen molar-refractivity contribution in [2.24, 2.45) is 0 Å². The summed E-state index contributed by atoms with van der Waals surface area (Å²) >= 11 is 0. The van der Waals surface area contributed by atoms with Gasteiger partial charge >= 0.3 is 0 Å². The molecular weight excluding hydrogens is 342 g/mol. The Morgan fingerprint density at radius 2 is 1.61 bits per heavy atom. The Morgan fingerprint density at radius 3 is 2.29 bits per heavy atom. The van der Waals surface area contributed by atoms with Gasteiger partial charge in [0.15, 0.2) is 5.78 Å². The lowest BCUT2D eigenvalue weighted by Crippen LogP contribution is -2.06. The first-order valence-corrected chi connectivity index (χ1v) is 10.1. The fourth-order valence-electron chi connectivity index (χ4n) is 3.71. The van der Waals surface area contributed by atoms with E-state index < -0.39 is 0 Å². The first kappa shape index (κ1) is 18.4. The summed E-state index contributed by atoms with van der Waals surface area (Å²) in [6.45, 7) is 4.26. The minimum Gasteiger partial charge on any atom is -0.292 e. The van der Waals surface area contributed by atoms with Crippen LogP contribution in [0.1, 0.15) is 57.7 Å². The fourth-order valence-corrected chi connectivity index (χ4v) is 3.71. The highest BCUT2D eigenvalue weighted by atomic mass is 16.1. The molecule has 0 fully saturated rings. The van der Waals surface area contributed by atoms with Crippen LogP contribution in [0.25, 0.3) is 11.6 Å². The van der Waals surface area contributed by atoms with Crippen LogP contribution in [0.4, 0.5) is 0 Å². The number of rotatable bonds is 6. The van der Waals surface area contributed by atoms with Crippen molar-refractivity contribution in [3.05, 3.63) is 99.9 Å². The molecule has 1 heterocycles. The van der Waals surface area contributed by atoms with E-state index in [0.717, 1.165) is 30.4 Å². The molecular formula is C26H25NO. The number of allylic oxidation sites excluding steroid dienone is 1. The third-order valence-corrected chi connectivity index (χ3v) is 5.54. The molecule has 28 heavy (non-hydrogen) atoms. The highest BCUT2D eigenvalue weighted by Gasteiger charge is 2.16. The van der Waals surface area contributed by atoms with Crippen molar-refractivity contribution in [1.29, 1.82) is 0 Å². The molecule has 0 radical (unpaired) electrons. The SMILES string of the molecule is CCc1ccc(C2=Cc3cc(CC(=O)c4ccc(CC)cn4)ccc3C2)cc1. The molecule has 0 atom stereocenters. The maximum Gasteiger partial charge on any atom is 0.185 e. The number of fused-ring (bicyclic) bond motifs is 1. The number of carbonyl (C=O) groups is 1. The van der Waals surface area contributed by atoms with Gasteiger partial charge in [-0.05, 0) is 64.3 Å². The van der Waals surface area contributed by atoms with Gasteiger partial charge in [0.1, 0.15) is 5.69 Å². The van der Waals surface area contributed by atoms with Crippen LogP contribution in [0.5, 0.6) is 0 Å². The molecule has 0 aliphatic heterocycles. The molecule has 1 aliphatic carbocycles. The van der Waals surface area contributed by atoms with Crippen molar-refractivity contribution in [3.63, 3.8) is 0 Å². The number of pyridine rings is 1. The number of aromatic nitrogens is 1. The summed E-state index contributed by atoms with van der Waals surface area (Å²) in [4.78, 5) is 16.9. The van der Waals surface area contributed by atoms with E-state index in [0.29, 0.717) is 12.1 Å². The predicted molar refractivity (Wildman–Crippen MR) is 115 cm³/mol. The molecule has 0 amide bonds. The van der Waals surface area contributed by atoms with Crippen LogP contribution in [-0.4, -0.2) is 10.8 Å². The second-order valence-corrected chi connectivity index (χ2v) is 7.44. The summed E-state index contributed by atoms with van der Waals surface area (Å²) in [5.74, 6) is 0.0694. The van der Waals surface area contributed by atoms with Crippen LogP contribution in [0.2, 0.25) is 0 Å². The Bertz CT molecular complexity index is 1030. The van der Waals surface area contributed by atoms with Gasteiger partial charge in [-0.1, -0.05) is 68.5 Å². The number of aryl methyl sites for hydroxylation is 2. The average molecular weight is 367 g/mol. The normalized spacial score (nSPS) is 12.6. The number of ketones is 1. The third kappa shape index (κ3) is 3.82. The highest BCUT2D eigenvalue weighted by Crippen LogP contribution is 2.32. The second-order valence-electron chi connectivity index (χ2n) is 7.44. The lowest BCUT2D eigenvalue weighted by Gasteiger charge is -2.05. The smallest absolute Gasteiger partial charge is 0.185 e. The van der Waals surface area contributed by atoms with E-state index >= 15 is 0 Å². The van der Waals surface area contributed by atoms with Gasteiger partial charge in [0.2, 0.25) is 0 Å². The molecule has 0 N–H and O–H groups in total. The van der Waals surface area contributed by atoms with Gasteiger partial charge in [0, 0.05) is 12.6 Å². The molecule has 2 nitrogen and oxygen atoms in total. The van der Waals surface area contributed by atoms with Crippen molar-refractivity contribution < 1.29 is 4.79 Å². The van der Waals surface area contributed by atoms with E-state index in [2.05, 4.69) is 67.4 Å². The molecule has 140 valence electrons.